The standard InChI is InChI=1S/C21H33BrO9/c1-24-5-6-26-7-8-27-9-10-28-11-12-29-13-14-30-15-16-31-20-17-18(21(23)25-2)3-4-19(20)22/h3-4,17H,5-16H2,1-2H3. The van der Waals surface area contributed by atoms with E-state index in [4.69, 9.17) is 37.9 Å². The fourth-order valence-electron chi connectivity index (χ4n) is 2.19. The molecule has 0 spiro atoms. The first-order valence-corrected chi connectivity index (χ1v) is 10.9. The molecule has 9 nitrogen and oxygen atoms in total. The van der Waals surface area contributed by atoms with E-state index in [1.54, 1.807) is 25.3 Å². The summed E-state index contributed by atoms with van der Waals surface area (Å²) in [6.45, 7) is 5.98. The lowest BCUT2D eigenvalue weighted by molar-refractivity contribution is -0.0159. The van der Waals surface area contributed by atoms with Gasteiger partial charge in [-0.25, -0.2) is 4.79 Å². The highest BCUT2D eigenvalue weighted by molar-refractivity contribution is 9.10. The van der Waals surface area contributed by atoms with Gasteiger partial charge in [0.05, 0.1) is 89.8 Å². The maximum Gasteiger partial charge on any atom is 0.337 e. The molecule has 0 aliphatic heterocycles. The first-order chi connectivity index (χ1) is 15.2. The summed E-state index contributed by atoms with van der Waals surface area (Å²) in [5.74, 6) is 0.146. The van der Waals surface area contributed by atoms with E-state index in [0.29, 0.717) is 90.6 Å². The van der Waals surface area contributed by atoms with Gasteiger partial charge in [-0.15, -0.1) is 0 Å². The van der Waals surface area contributed by atoms with Crippen molar-refractivity contribution >= 4 is 21.9 Å². The van der Waals surface area contributed by atoms with E-state index in [0.717, 1.165) is 4.47 Å². The molecule has 178 valence electrons. The van der Waals surface area contributed by atoms with Gasteiger partial charge in [-0.3, -0.25) is 0 Å². The number of carbonyl (C=O) groups is 1. The average molecular weight is 509 g/mol. The van der Waals surface area contributed by atoms with Gasteiger partial charge in [-0.1, -0.05) is 0 Å². The van der Waals surface area contributed by atoms with E-state index in [1.165, 1.54) is 7.11 Å². The van der Waals surface area contributed by atoms with Gasteiger partial charge >= 0.3 is 5.97 Å². The molecule has 0 radical (unpaired) electrons. The second kappa shape index (κ2) is 19.4. The Labute approximate surface area is 192 Å². The Bertz CT molecular complexity index is 586. The highest BCUT2D eigenvalue weighted by Crippen LogP contribution is 2.26. The zero-order valence-corrected chi connectivity index (χ0v) is 19.9. The topological polar surface area (TPSA) is 90.9 Å². The molecule has 1 aromatic carbocycles. The van der Waals surface area contributed by atoms with Crippen LogP contribution in [-0.4, -0.2) is 99.5 Å². The van der Waals surface area contributed by atoms with E-state index in [9.17, 15) is 4.79 Å². The predicted molar refractivity (Wildman–Crippen MR) is 117 cm³/mol. The molecule has 10 heteroatoms. The van der Waals surface area contributed by atoms with Crippen LogP contribution in [0.2, 0.25) is 0 Å². The quantitative estimate of drug-likeness (QED) is 0.194. The maximum atomic E-state index is 11.6. The average Bonchev–Trinajstić information content (AvgIpc) is 2.78. The molecule has 31 heavy (non-hydrogen) atoms. The van der Waals surface area contributed by atoms with Crippen molar-refractivity contribution in [2.45, 2.75) is 0 Å². The molecule has 0 heterocycles. The smallest absolute Gasteiger partial charge is 0.337 e. The summed E-state index contributed by atoms with van der Waals surface area (Å²) in [7, 11) is 2.98. The fourth-order valence-corrected chi connectivity index (χ4v) is 2.55. The third-order valence-electron chi connectivity index (χ3n) is 3.76. The number of benzene rings is 1. The molecule has 0 atom stereocenters. The Morgan fingerprint density at radius 2 is 1.16 bits per heavy atom. The van der Waals surface area contributed by atoms with Crippen LogP contribution in [0.5, 0.6) is 5.75 Å². The van der Waals surface area contributed by atoms with E-state index in [1.807, 2.05) is 0 Å². The van der Waals surface area contributed by atoms with Gasteiger partial charge in [0.25, 0.3) is 0 Å². The van der Waals surface area contributed by atoms with Gasteiger partial charge in [0.15, 0.2) is 0 Å². The van der Waals surface area contributed by atoms with Crippen LogP contribution in [0.4, 0.5) is 0 Å². The van der Waals surface area contributed by atoms with E-state index in [2.05, 4.69) is 15.9 Å². The first-order valence-electron chi connectivity index (χ1n) is 10.1. The molecule has 0 unspecified atom stereocenters. The number of hydrogen-bond acceptors (Lipinski definition) is 9. The fraction of sp³-hybridized carbons (Fsp3) is 0.667. The second-order valence-electron chi connectivity index (χ2n) is 6.04. The Balaban J connectivity index is 1.88. The number of esters is 1. The van der Waals surface area contributed by atoms with Crippen molar-refractivity contribution < 1.29 is 42.7 Å². The van der Waals surface area contributed by atoms with Crippen molar-refractivity contribution in [1.82, 2.24) is 0 Å². The van der Waals surface area contributed by atoms with Crippen LogP contribution in [0.3, 0.4) is 0 Å². The molecular formula is C21H33BrO9. The van der Waals surface area contributed by atoms with E-state index < -0.39 is 5.97 Å². The molecular weight excluding hydrogens is 476 g/mol. The summed E-state index contributed by atoms with van der Waals surface area (Å²) in [5.41, 5.74) is 0.427. The van der Waals surface area contributed by atoms with Crippen LogP contribution in [0, 0.1) is 0 Å². The molecule has 0 bridgehead atoms. The van der Waals surface area contributed by atoms with Gasteiger partial charge in [0.1, 0.15) is 12.4 Å². The van der Waals surface area contributed by atoms with E-state index >= 15 is 0 Å². The minimum absolute atomic E-state index is 0.351. The lowest BCUT2D eigenvalue weighted by atomic mass is 10.2. The van der Waals surface area contributed by atoms with Crippen molar-refractivity contribution in [1.29, 1.82) is 0 Å². The summed E-state index contributed by atoms with van der Waals surface area (Å²) in [6.07, 6.45) is 0. The molecule has 0 N–H and O–H groups in total. The second-order valence-corrected chi connectivity index (χ2v) is 6.89. The number of carbonyl (C=O) groups excluding carboxylic acids is 1. The van der Waals surface area contributed by atoms with Gasteiger partial charge < -0.3 is 37.9 Å². The number of rotatable bonds is 20. The molecule has 0 amide bonds. The third kappa shape index (κ3) is 14.4. The van der Waals surface area contributed by atoms with Crippen molar-refractivity contribution in [2.24, 2.45) is 0 Å². The predicted octanol–water partition coefficient (Wildman–Crippen LogP) is 2.34. The number of ether oxygens (including phenoxy) is 8. The molecule has 0 aromatic heterocycles. The molecule has 0 saturated heterocycles. The number of hydrogen-bond donors (Lipinski definition) is 0. The van der Waals surface area contributed by atoms with Crippen LogP contribution in [-0.2, 0) is 33.2 Å². The lowest BCUT2D eigenvalue weighted by Gasteiger charge is -2.10. The summed E-state index contributed by atoms with van der Waals surface area (Å²) in [5, 5.41) is 0. The largest absolute Gasteiger partial charge is 0.490 e. The summed E-state index contributed by atoms with van der Waals surface area (Å²) >= 11 is 3.39. The van der Waals surface area contributed by atoms with E-state index in [-0.39, 0.29) is 0 Å². The molecule has 0 fully saturated rings. The Morgan fingerprint density at radius 3 is 1.61 bits per heavy atom. The monoisotopic (exact) mass is 508 g/mol. The minimum Gasteiger partial charge on any atom is -0.490 e. The zero-order chi connectivity index (χ0) is 22.6. The van der Waals surface area contributed by atoms with Crippen LogP contribution >= 0.6 is 15.9 Å². The summed E-state index contributed by atoms with van der Waals surface area (Å²) in [4.78, 5) is 11.6. The third-order valence-corrected chi connectivity index (χ3v) is 4.41. The van der Waals surface area contributed by atoms with Crippen LogP contribution in [0.15, 0.2) is 22.7 Å². The van der Waals surface area contributed by atoms with Crippen LogP contribution in [0.25, 0.3) is 0 Å². The number of halogens is 1. The zero-order valence-electron chi connectivity index (χ0n) is 18.3. The molecule has 0 aliphatic rings. The minimum atomic E-state index is -0.412. The molecule has 0 saturated carbocycles. The van der Waals surface area contributed by atoms with Crippen LogP contribution < -0.4 is 4.74 Å². The van der Waals surface area contributed by atoms with Gasteiger partial charge in [-0.2, -0.15) is 0 Å². The van der Waals surface area contributed by atoms with Crippen LogP contribution in [0.1, 0.15) is 10.4 Å². The van der Waals surface area contributed by atoms with Crippen molar-refractivity contribution in [3.8, 4) is 5.75 Å². The lowest BCUT2D eigenvalue weighted by Crippen LogP contribution is -2.14. The molecule has 1 aromatic rings. The summed E-state index contributed by atoms with van der Waals surface area (Å²) < 4.78 is 42.9. The Kier molecular flexibility index (Phi) is 17.4. The summed E-state index contributed by atoms with van der Waals surface area (Å²) in [6, 6.07) is 5.03. The van der Waals surface area contributed by atoms with Gasteiger partial charge in [-0.05, 0) is 34.1 Å². The first kappa shape index (κ1) is 27.8. The van der Waals surface area contributed by atoms with Crippen molar-refractivity contribution in [3.05, 3.63) is 28.2 Å². The molecule has 0 aliphatic carbocycles. The Morgan fingerprint density at radius 1 is 0.710 bits per heavy atom. The van der Waals surface area contributed by atoms with Gasteiger partial charge in [0.2, 0.25) is 0 Å². The maximum absolute atomic E-state index is 11.6. The Hall–Kier alpha value is -1.27. The molecule has 1 rings (SSSR count). The SMILES string of the molecule is COCCOCCOCCOCCOCCOCCOc1cc(C(=O)OC)ccc1Br. The highest BCUT2D eigenvalue weighted by Gasteiger charge is 2.09. The number of methoxy groups -OCH3 is 2. The van der Waals surface area contributed by atoms with Crippen molar-refractivity contribution in [2.75, 3.05) is 93.5 Å². The normalized spacial score (nSPS) is 10.9. The van der Waals surface area contributed by atoms with Gasteiger partial charge in [0, 0.05) is 7.11 Å². The van der Waals surface area contributed by atoms with Crippen molar-refractivity contribution in [3.63, 3.8) is 0 Å². The highest BCUT2D eigenvalue weighted by atomic mass is 79.9.